The molecule has 122 valence electrons. The van der Waals surface area contributed by atoms with E-state index in [9.17, 15) is 13.6 Å². The molecular formula is C15H16F2N4O2. The number of aromatic nitrogens is 2. The normalized spacial score (nSPS) is 17.5. The molecule has 0 saturated carbocycles. The van der Waals surface area contributed by atoms with Crippen LogP contribution in [0.2, 0.25) is 0 Å². The number of rotatable bonds is 5. The fraction of sp³-hybridized carbons (Fsp3) is 0.333. The number of aromatic amines is 1. The van der Waals surface area contributed by atoms with Gasteiger partial charge in [0.2, 0.25) is 0 Å². The molecule has 6 nitrogen and oxygen atoms in total. The average molecular weight is 322 g/mol. The van der Waals surface area contributed by atoms with Crippen LogP contribution in [0.25, 0.3) is 0 Å². The van der Waals surface area contributed by atoms with Crippen molar-refractivity contribution in [2.75, 3.05) is 18.0 Å². The number of nitrogens with zero attached hydrogens (tertiary/aromatic N) is 2. The van der Waals surface area contributed by atoms with Crippen LogP contribution < -0.4 is 15.0 Å². The SMILES string of the molecule is O=C(N[C@H]1CCN(c2ccccc2OC(F)F)C1)c1ccn[nH]1. The molecule has 2 aromatic rings. The van der Waals surface area contributed by atoms with Gasteiger partial charge in [0, 0.05) is 25.3 Å². The predicted octanol–water partition coefficient (Wildman–Crippen LogP) is 2.02. The largest absolute Gasteiger partial charge is 0.433 e. The van der Waals surface area contributed by atoms with E-state index in [1.165, 1.54) is 12.3 Å². The van der Waals surface area contributed by atoms with Gasteiger partial charge in [-0.3, -0.25) is 9.89 Å². The standard InChI is InChI=1S/C15H16F2N4O2/c16-15(17)23-13-4-2-1-3-12(13)21-8-6-10(9-21)19-14(22)11-5-7-18-20-11/h1-5,7,10,15H,6,8-9H2,(H,18,20)(H,19,22)/t10-/m0/s1. The third kappa shape index (κ3) is 3.58. The molecule has 1 aromatic heterocycles. The van der Waals surface area contributed by atoms with E-state index in [-0.39, 0.29) is 17.7 Å². The summed E-state index contributed by atoms with van der Waals surface area (Å²) in [4.78, 5) is 13.9. The number of H-pyrrole nitrogens is 1. The lowest BCUT2D eigenvalue weighted by atomic mass is 10.2. The van der Waals surface area contributed by atoms with Crippen molar-refractivity contribution < 1.29 is 18.3 Å². The summed E-state index contributed by atoms with van der Waals surface area (Å²) in [6, 6.07) is 8.19. The Labute approximate surface area is 131 Å². The number of benzene rings is 1. The van der Waals surface area contributed by atoms with Crippen LogP contribution in [0.3, 0.4) is 0 Å². The monoisotopic (exact) mass is 322 g/mol. The minimum Gasteiger partial charge on any atom is -0.433 e. The average Bonchev–Trinajstić information content (AvgIpc) is 3.18. The van der Waals surface area contributed by atoms with E-state index in [1.807, 2.05) is 4.90 Å². The molecule has 0 spiro atoms. The minimum atomic E-state index is -2.87. The first kappa shape index (κ1) is 15.3. The Morgan fingerprint density at radius 1 is 1.39 bits per heavy atom. The lowest BCUT2D eigenvalue weighted by Crippen LogP contribution is -2.37. The topological polar surface area (TPSA) is 70.2 Å². The van der Waals surface area contributed by atoms with Crippen LogP contribution in [0.5, 0.6) is 5.75 Å². The molecule has 8 heteroatoms. The van der Waals surface area contributed by atoms with Crippen LogP contribution in [0, 0.1) is 0 Å². The molecule has 2 heterocycles. The van der Waals surface area contributed by atoms with E-state index in [0.717, 1.165) is 6.42 Å². The number of halogens is 2. The molecule has 1 aromatic carbocycles. The fourth-order valence-corrected chi connectivity index (χ4v) is 2.66. The Kier molecular flexibility index (Phi) is 4.40. The molecule has 0 aliphatic carbocycles. The van der Waals surface area contributed by atoms with Crippen molar-refractivity contribution in [1.29, 1.82) is 0 Å². The second-order valence-electron chi connectivity index (χ2n) is 5.22. The fourth-order valence-electron chi connectivity index (χ4n) is 2.66. The van der Waals surface area contributed by atoms with Crippen molar-refractivity contribution in [2.24, 2.45) is 0 Å². The number of anilines is 1. The second-order valence-corrected chi connectivity index (χ2v) is 5.22. The highest BCUT2D eigenvalue weighted by molar-refractivity contribution is 5.92. The maximum absolute atomic E-state index is 12.5. The quantitative estimate of drug-likeness (QED) is 0.883. The number of carbonyl (C=O) groups is 1. The van der Waals surface area contributed by atoms with E-state index < -0.39 is 6.61 Å². The Morgan fingerprint density at radius 3 is 2.96 bits per heavy atom. The van der Waals surface area contributed by atoms with Crippen LogP contribution in [-0.4, -0.2) is 41.8 Å². The van der Waals surface area contributed by atoms with E-state index in [2.05, 4.69) is 20.3 Å². The minimum absolute atomic E-state index is 0.0644. The first-order valence-electron chi connectivity index (χ1n) is 7.22. The summed E-state index contributed by atoms with van der Waals surface area (Å²) in [5.41, 5.74) is 0.996. The van der Waals surface area contributed by atoms with Crippen molar-refractivity contribution in [3.8, 4) is 5.75 Å². The molecule has 2 N–H and O–H groups in total. The Balaban J connectivity index is 1.65. The predicted molar refractivity (Wildman–Crippen MR) is 79.7 cm³/mol. The highest BCUT2D eigenvalue weighted by atomic mass is 19.3. The second kappa shape index (κ2) is 6.64. The van der Waals surface area contributed by atoms with Crippen molar-refractivity contribution >= 4 is 11.6 Å². The summed E-state index contributed by atoms with van der Waals surface area (Å²) in [5.74, 6) is -0.0884. The summed E-state index contributed by atoms with van der Waals surface area (Å²) in [7, 11) is 0. The molecule has 3 rings (SSSR count). The maximum atomic E-state index is 12.5. The Hall–Kier alpha value is -2.64. The van der Waals surface area contributed by atoms with E-state index >= 15 is 0 Å². The molecule has 1 fully saturated rings. The number of ether oxygens (including phenoxy) is 1. The Morgan fingerprint density at radius 2 is 2.22 bits per heavy atom. The lowest BCUT2D eigenvalue weighted by molar-refractivity contribution is -0.0495. The summed E-state index contributed by atoms with van der Waals surface area (Å²) in [6.45, 7) is -1.68. The highest BCUT2D eigenvalue weighted by Crippen LogP contribution is 2.31. The third-order valence-electron chi connectivity index (χ3n) is 3.69. The van der Waals surface area contributed by atoms with Crippen LogP contribution in [0.4, 0.5) is 14.5 Å². The van der Waals surface area contributed by atoms with Gasteiger partial charge < -0.3 is 15.0 Å². The summed E-state index contributed by atoms with van der Waals surface area (Å²) in [6.07, 6.45) is 2.23. The van der Waals surface area contributed by atoms with E-state index in [1.54, 1.807) is 24.3 Å². The van der Waals surface area contributed by atoms with Gasteiger partial charge in [-0.25, -0.2) is 0 Å². The maximum Gasteiger partial charge on any atom is 0.387 e. The van der Waals surface area contributed by atoms with Crippen LogP contribution in [0.1, 0.15) is 16.9 Å². The van der Waals surface area contributed by atoms with Gasteiger partial charge in [-0.2, -0.15) is 13.9 Å². The van der Waals surface area contributed by atoms with E-state index in [0.29, 0.717) is 24.5 Å². The number of alkyl halides is 2. The number of amides is 1. The first-order chi connectivity index (χ1) is 11.1. The van der Waals surface area contributed by atoms with Gasteiger partial charge in [-0.1, -0.05) is 12.1 Å². The van der Waals surface area contributed by atoms with Crippen molar-refractivity contribution in [2.45, 2.75) is 19.1 Å². The van der Waals surface area contributed by atoms with Crippen LogP contribution >= 0.6 is 0 Å². The first-order valence-corrected chi connectivity index (χ1v) is 7.22. The van der Waals surface area contributed by atoms with Crippen molar-refractivity contribution in [3.63, 3.8) is 0 Å². The van der Waals surface area contributed by atoms with Gasteiger partial charge in [-0.05, 0) is 24.6 Å². The van der Waals surface area contributed by atoms with Crippen LogP contribution in [0.15, 0.2) is 36.5 Å². The molecule has 1 atom stereocenters. The summed E-state index contributed by atoms with van der Waals surface area (Å²) >= 11 is 0. The molecule has 0 bridgehead atoms. The lowest BCUT2D eigenvalue weighted by Gasteiger charge is -2.21. The van der Waals surface area contributed by atoms with Gasteiger partial charge >= 0.3 is 6.61 Å². The van der Waals surface area contributed by atoms with Crippen molar-refractivity contribution in [1.82, 2.24) is 15.5 Å². The summed E-state index contributed by atoms with van der Waals surface area (Å²) in [5, 5.41) is 9.24. The molecule has 1 saturated heterocycles. The van der Waals surface area contributed by atoms with E-state index in [4.69, 9.17) is 0 Å². The zero-order chi connectivity index (χ0) is 16.2. The molecule has 1 amide bonds. The van der Waals surface area contributed by atoms with Gasteiger partial charge in [-0.15, -0.1) is 0 Å². The van der Waals surface area contributed by atoms with Crippen molar-refractivity contribution in [3.05, 3.63) is 42.2 Å². The van der Waals surface area contributed by atoms with Gasteiger partial charge in [0.15, 0.2) is 0 Å². The van der Waals surface area contributed by atoms with Crippen LogP contribution in [-0.2, 0) is 0 Å². The number of hydrogen-bond acceptors (Lipinski definition) is 4. The smallest absolute Gasteiger partial charge is 0.387 e. The number of para-hydroxylation sites is 2. The molecule has 0 unspecified atom stereocenters. The third-order valence-corrected chi connectivity index (χ3v) is 3.69. The summed E-state index contributed by atoms with van der Waals surface area (Å²) < 4.78 is 29.5. The zero-order valence-electron chi connectivity index (χ0n) is 12.2. The molecule has 1 aliphatic heterocycles. The molecule has 23 heavy (non-hydrogen) atoms. The van der Waals surface area contributed by atoms with Gasteiger partial charge in [0.25, 0.3) is 5.91 Å². The van der Waals surface area contributed by atoms with Gasteiger partial charge in [0.05, 0.1) is 5.69 Å². The number of carbonyl (C=O) groups excluding carboxylic acids is 1. The molecule has 0 radical (unpaired) electrons. The molecule has 1 aliphatic rings. The number of hydrogen-bond donors (Lipinski definition) is 2. The van der Waals surface area contributed by atoms with Gasteiger partial charge in [0.1, 0.15) is 11.4 Å². The number of nitrogens with one attached hydrogen (secondary N) is 2. The zero-order valence-corrected chi connectivity index (χ0v) is 12.2. The molecular weight excluding hydrogens is 306 g/mol. The highest BCUT2D eigenvalue weighted by Gasteiger charge is 2.26. The Bertz CT molecular complexity index is 663.